The van der Waals surface area contributed by atoms with Crippen LogP contribution in [0.2, 0.25) is 0 Å². The zero-order valence-corrected chi connectivity index (χ0v) is 9.00. The van der Waals surface area contributed by atoms with E-state index in [1.165, 1.54) is 0 Å². The third-order valence-electron chi connectivity index (χ3n) is 2.27. The van der Waals surface area contributed by atoms with E-state index >= 15 is 0 Å². The fourth-order valence-corrected chi connectivity index (χ4v) is 2.22. The van der Waals surface area contributed by atoms with Crippen LogP contribution in [-0.4, -0.2) is 10.1 Å². The van der Waals surface area contributed by atoms with Crippen molar-refractivity contribution >= 4 is 21.6 Å². The SMILES string of the molecule is C#CCCC(O)c1cnc2ccsc2c1. The summed E-state index contributed by atoms with van der Waals surface area (Å²) in [6.07, 6.45) is 7.55. The van der Waals surface area contributed by atoms with Crippen molar-refractivity contribution in [2.75, 3.05) is 0 Å². The van der Waals surface area contributed by atoms with Gasteiger partial charge in [0.2, 0.25) is 0 Å². The van der Waals surface area contributed by atoms with Crippen LogP contribution >= 0.6 is 11.3 Å². The lowest BCUT2D eigenvalue weighted by Gasteiger charge is -2.08. The molecule has 2 heterocycles. The Kier molecular flexibility index (Phi) is 3.00. The van der Waals surface area contributed by atoms with Crippen molar-refractivity contribution in [2.24, 2.45) is 0 Å². The molecule has 76 valence electrons. The highest BCUT2D eigenvalue weighted by Gasteiger charge is 2.08. The monoisotopic (exact) mass is 217 g/mol. The molecule has 0 aliphatic rings. The number of aliphatic hydroxyl groups is 1. The first-order chi connectivity index (χ1) is 7.31. The number of hydrogen-bond donors (Lipinski definition) is 1. The second-order valence-electron chi connectivity index (χ2n) is 3.33. The van der Waals surface area contributed by atoms with Gasteiger partial charge in [0.25, 0.3) is 0 Å². The van der Waals surface area contributed by atoms with E-state index in [9.17, 15) is 5.11 Å². The van der Waals surface area contributed by atoms with Crippen molar-refractivity contribution in [3.63, 3.8) is 0 Å². The highest BCUT2D eigenvalue weighted by Crippen LogP contribution is 2.24. The molecule has 3 heteroatoms. The summed E-state index contributed by atoms with van der Waals surface area (Å²) >= 11 is 1.63. The van der Waals surface area contributed by atoms with Crippen LogP contribution in [0.5, 0.6) is 0 Å². The van der Waals surface area contributed by atoms with Gasteiger partial charge >= 0.3 is 0 Å². The molecular weight excluding hydrogens is 206 g/mol. The molecule has 2 rings (SSSR count). The van der Waals surface area contributed by atoms with E-state index in [0.717, 1.165) is 15.8 Å². The van der Waals surface area contributed by atoms with Crippen molar-refractivity contribution < 1.29 is 5.11 Å². The highest BCUT2D eigenvalue weighted by molar-refractivity contribution is 7.17. The standard InChI is InChI=1S/C12H11NOS/c1-2-3-4-11(14)9-7-12-10(13-8-9)5-6-15-12/h1,5-8,11,14H,3-4H2. The first-order valence-electron chi connectivity index (χ1n) is 4.76. The van der Waals surface area contributed by atoms with E-state index in [-0.39, 0.29) is 0 Å². The summed E-state index contributed by atoms with van der Waals surface area (Å²) in [5, 5.41) is 11.8. The van der Waals surface area contributed by atoms with Gasteiger partial charge in [0, 0.05) is 18.2 Å². The molecule has 0 aromatic carbocycles. The largest absolute Gasteiger partial charge is 0.388 e. The lowest BCUT2D eigenvalue weighted by Crippen LogP contribution is -1.97. The molecule has 2 nitrogen and oxygen atoms in total. The van der Waals surface area contributed by atoms with Crippen molar-refractivity contribution in [3.05, 3.63) is 29.3 Å². The van der Waals surface area contributed by atoms with Crippen molar-refractivity contribution in [1.82, 2.24) is 4.98 Å². The van der Waals surface area contributed by atoms with Crippen molar-refractivity contribution in [2.45, 2.75) is 18.9 Å². The van der Waals surface area contributed by atoms with Gasteiger partial charge in [-0.05, 0) is 23.9 Å². The topological polar surface area (TPSA) is 33.1 Å². The molecule has 0 fully saturated rings. The summed E-state index contributed by atoms with van der Waals surface area (Å²) in [6, 6.07) is 3.95. The molecule has 0 aliphatic heterocycles. The van der Waals surface area contributed by atoms with Crippen molar-refractivity contribution in [3.8, 4) is 12.3 Å². The van der Waals surface area contributed by atoms with Crippen molar-refractivity contribution in [1.29, 1.82) is 0 Å². The lowest BCUT2D eigenvalue weighted by atomic mass is 10.1. The average molecular weight is 217 g/mol. The average Bonchev–Trinajstić information content (AvgIpc) is 2.72. The first kappa shape index (κ1) is 10.2. The van der Waals surface area contributed by atoms with Gasteiger partial charge in [-0.2, -0.15) is 0 Å². The maximum atomic E-state index is 9.82. The third-order valence-corrected chi connectivity index (χ3v) is 3.12. The van der Waals surface area contributed by atoms with Crippen LogP contribution in [0.25, 0.3) is 10.2 Å². The maximum absolute atomic E-state index is 9.82. The summed E-state index contributed by atoms with van der Waals surface area (Å²) in [4.78, 5) is 4.27. The molecule has 1 unspecified atom stereocenters. The number of aromatic nitrogens is 1. The molecule has 15 heavy (non-hydrogen) atoms. The first-order valence-corrected chi connectivity index (χ1v) is 5.64. The van der Waals surface area contributed by atoms with Gasteiger partial charge < -0.3 is 5.11 Å². The minimum Gasteiger partial charge on any atom is -0.388 e. The smallest absolute Gasteiger partial charge is 0.0814 e. The van der Waals surface area contributed by atoms with E-state index < -0.39 is 6.10 Å². The molecule has 1 atom stereocenters. The fraction of sp³-hybridized carbons (Fsp3) is 0.250. The number of hydrogen-bond acceptors (Lipinski definition) is 3. The van der Waals surface area contributed by atoms with Gasteiger partial charge in [-0.3, -0.25) is 4.98 Å². The third kappa shape index (κ3) is 2.17. The number of fused-ring (bicyclic) bond motifs is 1. The number of terminal acetylenes is 1. The maximum Gasteiger partial charge on any atom is 0.0814 e. The molecule has 0 amide bonds. The molecule has 0 spiro atoms. The van der Waals surface area contributed by atoms with Crippen LogP contribution in [0.4, 0.5) is 0 Å². The molecule has 0 bridgehead atoms. The summed E-state index contributed by atoms with van der Waals surface area (Å²) in [7, 11) is 0. The van der Waals surface area contributed by atoms with Gasteiger partial charge in [0.1, 0.15) is 0 Å². The van der Waals surface area contributed by atoms with Gasteiger partial charge in [-0.25, -0.2) is 0 Å². The van der Waals surface area contributed by atoms with Gasteiger partial charge in [0.05, 0.1) is 16.3 Å². The molecule has 0 saturated heterocycles. The Morgan fingerprint density at radius 3 is 3.27 bits per heavy atom. The Bertz CT molecular complexity index is 498. The van der Waals surface area contributed by atoms with Crippen LogP contribution in [0, 0.1) is 12.3 Å². The van der Waals surface area contributed by atoms with E-state index in [0.29, 0.717) is 12.8 Å². The fourth-order valence-electron chi connectivity index (χ4n) is 1.43. The normalized spacial score (nSPS) is 12.5. The Morgan fingerprint density at radius 2 is 2.47 bits per heavy atom. The minimum absolute atomic E-state index is 0.500. The Balaban J connectivity index is 2.24. The van der Waals surface area contributed by atoms with Crippen LogP contribution in [-0.2, 0) is 0 Å². The predicted molar refractivity (Wildman–Crippen MR) is 62.6 cm³/mol. The Morgan fingerprint density at radius 1 is 1.60 bits per heavy atom. The van der Waals surface area contributed by atoms with E-state index in [1.807, 2.05) is 17.5 Å². The zero-order chi connectivity index (χ0) is 10.7. The highest BCUT2D eigenvalue weighted by atomic mass is 32.1. The molecule has 0 saturated carbocycles. The number of nitrogens with zero attached hydrogens (tertiary/aromatic N) is 1. The number of rotatable bonds is 3. The minimum atomic E-state index is -0.500. The molecular formula is C12H11NOS. The molecule has 1 N–H and O–H groups in total. The van der Waals surface area contributed by atoms with Gasteiger partial charge in [-0.1, -0.05) is 0 Å². The summed E-state index contributed by atoms with van der Waals surface area (Å²) < 4.78 is 1.10. The van der Waals surface area contributed by atoms with Crippen LogP contribution < -0.4 is 0 Å². The number of aliphatic hydroxyl groups excluding tert-OH is 1. The molecule has 2 aromatic heterocycles. The van der Waals surface area contributed by atoms with E-state index in [4.69, 9.17) is 6.42 Å². The van der Waals surface area contributed by atoms with Crippen LogP contribution in [0.15, 0.2) is 23.7 Å². The van der Waals surface area contributed by atoms with E-state index in [2.05, 4.69) is 10.9 Å². The van der Waals surface area contributed by atoms with Crippen LogP contribution in [0.1, 0.15) is 24.5 Å². The lowest BCUT2D eigenvalue weighted by molar-refractivity contribution is 0.169. The summed E-state index contributed by atoms with van der Waals surface area (Å²) in [6.45, 7) is 0. The quantitative estimate of drug-likeness (QED) is 0.802. The summed E-state index contributed by atoms with van der Waals surface area (Å²) in [5.74, 6) is 2.52. The van der Waals surface area contributed by atoms with E-state index in [1.54, 1.807) is 17.5 Å². The predicted octanol–water partition coefficient (Wildman–Crippen LogP) is 2.74. The Hall–Kier alpha value is -1.37. The van der Waals surface area contributed by atoms with Crippen LogP contribution in [0.3, 0.4) is 0 Å². The Labute approximate surface area is 92.6 Å². The second-order valence-corrected chi connectivity index (χ2v) is 4.28. The molecule has 2 aromatic rings. The second kappa shape index (κ2) is 4.43. The molecule has 0 aliphatic carbocycles. The number of thiophene rings is 1. The molecule has 0 radical (unpaired) electrons. The van der Waals surface area contributed by atoms with Gasteiger partial charge in [-0.15, -0.1) is 23.7 Å². The van der Waals surface area contributed by atoms with Gasteiger partial charge in [0.15, 0.2) is 0 Å². The zero-order valence-electron chi connectivity index (χ0n) is 8.18. The number of pyridine rings is 1. The summed E-state index contributed by atoms with van der Waals surface area (Å²) in [5.41, 5.74) is 1.83.